The minimum Gasteiger partial charge on any atom is -0.495 e. The van der Waals surface area contributed by atoms with E-state index in [4.69, 9.17) is 16.3 Å². The maximum Gasteiger partial charge on any atom is 0.323 e. The van der Waals surface area contributed by atoms with E-state index in [0.29, 0.717) is 22.8 Å². The summed E-state index contributed by atoms with van der Waals surface area (Å²) < 4.78 is 5.24. The van der Waals surface area contributed by atoms with Crippen molar-refractivity contribution in [1.29, 1.82) is 0 Å². The zero-order valence-corrected chi connectivity index (χ0v) is 20.3. The molecule has 3 amide bonds. The van der Waals surface area contributed by atoms with Gasteiger partial charge in [0.15, 0.2) is 0 Å². The molecule has 0 aliphatic rings. The first kappa shape index (κ1) is 25.2. The van der Waals surface area contributed by atoms with Crippen molar-refractivity contribution in [1.82, 2.24) is 0 Å². The number of methoxy groups -OCH3 is 1. The molecule has 4 aromatic carbocycles. The van der Waals surface area contributed by atoms with Gasteiger partial charge < -0.3 is 20.7 Å². The average Bonchev–Trinajstić information content (AvgIpc) is 2.90. The number of non-ortho nitro benzene ring substituents is 1. The molecular formula is C27H21ClN4O5. The van der Waals surface area contributed by atoms with E-state index in [0.717, 1.165) is 17.2 Å². The van der Waals surface area contributed by atoms with Crippen LogP contribution >= 0.6 is 11.6 Å². The van der Waals surface area contributed by atoms with E-state index < -0.39 is 16.9 Å². The summed E-state index contributed by atoms with van der Waals surface area (Å²) >= 11 is 6.05. The Morgan fingerprint density at radius 3 is 2.00 bits per heavy atom. The van der Waals surface area contributed by atoms with Gasteiger partial charge in [-0.1, -0.05) is 48.0 Å². The SMILES string of the molecule is COc1ccccc1NC(=O)Nc1ccc(-c2ccc(NC(=O)c3cc([N+](=O)[O-])ccc3Cl)cc2)cc1. The zero-order valence-electron chi connectivity index (χ0n) is 19.5. The summed E-state index contributed by atoms with van der Waals surface area (Å²) in [6.07, 6.45) is 0. The van der Waals surface area contributed by atoms with Crippen molar-refractivity contribution in [2.75, 3.05) is 23.1 Å². The molecule has 0 spiro atoms. The van der Waals surface area contributed by atoms with E-state index in [2.05, 4.69) is 16.0 Å². The van der Waals surface area contributed by atoms with Crippen LogP contribution in [-0.4, -0.2) is 24.0 Å². The highest BCUT2D eigenvalue weighted by Crippen LogP contribution is 2.26. The number of rotatable bonds is 7. The summed E-state index contributed by atoms with van der Waals surface area (Å²) in [5.41, 5.74) is 3.24. The van der Waals surface area contributed by atoms with Gasteiger partial charge in [-0.3, -0.25) is 14.9 Å². The molecule has 4 rings (SSSR count). The molecule has 0 aliphatic heterocycles. The van der Waals surface area contributed by atoms with Crippen LogP contribution in [0.1, 0.15) is 10.4 Å². The lowest BCUT2D eigenvalue weighted by Crippen LogP contribution is -2.19. The Bertz CT molecular complexity index is 1460. The van der Waals surface area contributed by atoms with Gasteiger partial charge in [0, 0.05) is 23.5 Å². The maximum absolute atomic E-state index is 12.6. The van der Waals surface area contributed by atoms with Gasteiger partial charge in [0.1, 0.15) is 5.75 Å². The number of para-hydroxylation sites is 2. The normalized spacial score (nSPS) is 10.3. The molecule has 0 unspecified atom stereocenters. The average molecular weight is 517 g/mol. The number of hydrogen-bond acceptors (Lipinski definition) is 5. The molecule has 0 fully saturated rings. The largest absolute Gasteiger partial charge is 0.495 e. The number of ether oxygens (including phenoxy) is 1. The third kappa shape index (κ3) is 6.22. The van der Waals surface area contributed by atoms with E-state index in [9.17, 15) is 19.7 Å². The van der Waals surface area contributed by atoms with Crippen LogP contribution in [-0.2, 0) is 0 Å². The zero-order chi connectivity index (χ0) is 26.4. The highest BCUT2D eigenvalue weighted by molar-refractivity contribution is 6.34. The molecule has 0 radical (unpaired) electrons. The van der Waals surface area contributed by atoms with Crippen LogP contribution in [0.3, 0.4) is 0 Å². The van der Waals surface area contributed by atoms with Crippen LogP contribution in [0.5, 0.6) is 5.75 Å². The standard InChI is InChI=1S/C27H21ClN4O5/c1-37-25-5-3-2-4-24(25)31-27(34)30-20-12-8-18(9-13-20)17-6-10-19(11-7-17)29-26(33)22-16-21(32(35)36)14-15-23(22)28/h2-16H,1H3,(H,29,33)(H2,30,31,34). The van der Waals surface area contributed by atoms with Crippen LogP contribution in [0.4, 0.5) is 27.5 Å². The third-order valence-corrected chi connectivity index (χ3v) is 5.71. The molecule has 186 valence electrons. The highest BCUT2D eigenvalue weighted by atomic mass is 35.5. The topological polar surface area (TPSA) is 123 Å². The number of urea groups is 1. The Hall–Kier alpha value is -4.89. The van der Waals surface area contributed by atoms with Crippen molar-refractivity contribution in [2.45, 2.75) is 0 Å². The second-order valence-corrected chi connectivity index (χ2v) is 8.22. The van der Waals surface area contributed by atoms with Gasteiger partial charge in [0.2, 0.25) is 0 Å². The van der Waals surface area contributed by atoms with Gasteiger partial charge in [-0.25, -0.2) is 4.79 Å². The number of carbonyl (C=O) groups is 2. The van der Waals surface area contributed by atoms with Gasteiger partial charge in [-0.15, -0.1) is 0 Å². The molecule has 4 aromatic rings. The molecule has 0 atom stereocenters. The van der Waals surface area contributed by atoms with Crippen molar-refractivity contribution in [2.24, 2.45) is 0 Å². The Balaban J connectivity index is 1.39. The van der Waals surface area contributed by atoms with Crippen molar-refractivity contribution in [3.8, 4) is 16.9 Å². The van der Waals surface area contributed by atoms with E-state index >= 15 is 0 Å². The molecule has 0 aliphatic carbocycles. The second kappa shape index (κ2) is 11.2. The third-order valence-electron chi connectivity index (χ3n) is 5.38. The smallest absolute Gasteiger partial charge is 0.323 e. The van der Waals surface area contributed by atoms with Crippen LogP contribution < -0.4 is 20.7 Å². The maximum atomic E-state index is 12.6. The van der Waals surface area contributed by atoms with E-state index in [1.165, 1.54) is 19.2 Å². The Labute approximate surface area is 217 Å². The number of carbonyl (C=O) groups excluding carboxylic acids is 2. The number of nitrogens with zero attached hydrogens (tertiary/aromatic N) is 1. The Morgan fingerprint density at radius 1 is 0.811 bits per heavy atom. The molecule has 10 heteroatoms. The van der Waals surface area contributed by atoms with Crippen molar-refractivity contribution < 1.29 is 19.2 Å². The lowest BCUT2D eigenvalue weighted by Gasteiger charge is -2.11. The number of nitro benzene ring substituents is 1. The molecule has 9 nitrogen and oxygen atoms in total. The first-order valence-corrected chi connectivity index (χ1v) is 11.4. The summed E-state index contributed by atoms with van der Waals surface area (Å²) in [6.45, 7) is 0. The molecule has 0 heterocycles. The van der Waals surface area contributed by atoms with Crippen LogP contribution in [0, 0.1) is 10.1 Å². The van der Waals surface area contributed by atoms with Gasteiger partial charge in [-0.05, 0) is 53.6 Å². The summed E-state index contributed by atoms with van der Waals surface area (Å²) in [4.78, 5) is 35.3. The van der Waals surface area contributed by atoms with Gasteiger partial charge >= 0.3 is 6.03 Å². The molecular weight excluding hydrogens is 496 g/mol. The summed E-state index contributed by atoms with van der Waals surface area (Å²) in [5, 5.41) is 19.3. The summed E-state index contributed by atoms with van der Waals surface area (Å²) in [7, 11) is 1.53. The van der Waals surface area contributed by atoms with E-state index in [-0.39, 0.29) is 16.3 Å². The minimum absolute atomic E-state index is 0.0118. The molecule has 0 saturated carbocycles. The predicted octanol–water partition coefficient (Wildman–Crippen LogP) is 6.82. The molecule has 0 saturated heterocycles. The van der Waals surface area contributed by atoms with Gasteiger partial charge in [0.05, 0.1) is 28.3 Å². The number of nitro groups is 1. The number of nitrogens with one attached hydrogen (secondary N) is 3. The van der Waals surface area contributed by atoms with Gasteiger partial charge in [0.25, 0.3) is 11.6 Å². The summed E-state index contributed by atoms with van der Waals surface area (Å²) in [5.74, 6) is 0.00379. The number of anilines is 3. The Morgan fingerprint density at radius 2 is 1.41 bits per heavy atom. The monoisotopic (exact) mass is 516 g/mol. The highest BCUT2D eigenvalue weighted by Gasteiger charge is 2.16. The lowest BCUT2D eigenvalue weighted by atomic mass is 10.0. The minimum atomic E-state index is -0.588. The fourth-order valence-corrected chi connectivity index (χ4v) is 3.73. The number of benzene rings is 4. The lowest BCUT2D eigenvalue weighted by molar-refractivity contribution is -0.384. The quantitative estimate of drug-likeness (QED) is 0.184. The predicted molar refractivity (Wildman–Crippen MR) is 144 cm³/mol. The molecule has 0 aromatic heterocycles. The summed E-state index contributed by atoms with van der Waals surface area (Å²) in [6, 6.07) is 24.7. The number of halogens is 1. The van der Waals surface area contributed by atoms with Crippen molar-refractivity contribution >= 4 is 46.3 Å². The second-order valence-electron chi connectivity index (χ2n) is 7.81. The fourth-order valence-electron chi connectivity index (χ4n) is 3.52. The van der Waals surface area contributed by atoms with Crippen molar-refractivity contribution in [3.05, 3.63) is 112 Å². The van der Waals surface area contributed by atoms with Crippen molar-refractivity contribution in [3.63, 3.8) is 0 Å². The molecule has 3 N–H and O–H groups in total. The molecule has 37 heavy (non-hydrogen) atoms. The van der Waals surface area contributed by atoms with Crippen LogP contribution in [0.15, 0.2) is 91.0 Å². The first-order chi connectivity index (χ1) is 17.8. The van der Waals surface area contributed by atoms with E-state index in [1.807, 2.05) is 30.3 Å². The van der Waals surface area contributed by atoms with Gasteiger partial charge in [-0.2, -0.15) is 0 Å². The van der Waals surface area contributed by atoms with Crippen LogP contribution in [0.2, 0.25) is 5.02 Å². The fraction of sp³-hybridized carbons (Fsp3) is 0.0370. The number of amides is 3. The van der Waals surface area contributed by atoms with Crippen LogP contribution in [0.25, 0.3) is 11.1 Å². The van der Waals surface area contributed by atoms with E-state index in [1.54, 1.807) is 42.5 Å². The first-order valence-electron chi connectivity index (χ1n) is 11.0. The number of hydrogen-bond donors (Lipinski definition) is 3. The molecule has 0 bridgehead atoms. The Kier molecular flexibility index (Phi) is 7.65.